The maximum Gasteiger partial charge on any atom is 0.430 e. The number of fused-ring (bicyclic) bond motifs is 1. The van der Waals surface area contributed by atoms with Crippen molar-refractivity contribution in [1.82, 2.24) is 0 Å². The van der Waals surface area contributed by atoms with E-state index in [1.807, 2.05) is 0 Å². The van der Waals surface area contributed by atoms with E-state index in [0.29, 0.717) is 5.56 Å². The first-order valence-electron chi connectivity index (χ1n) is 8.31. The van der Waals surface area contributed by atoms with Gasteiger partial charge in [0.25, 0.3) is 5.09 Å². The molecule has 0 fully saturated rings. The molecule has 1 heterocycles. The van der Waals surface area contributed by atoms with Crippen LogP contribution in [0.1, 0.15) is 24.5 Å². The number of hydrogen-bond acceptors (Lipinski definition) is 8. The molecule has 164 valence electrons. The van der Waals surface area contributed by atoms with Gasteiger partial charge in [-0.3, -0.25) is 4.79 Å². The number of ether oxygens (including phenoxy) is 3. The zero-order valence-corrected chi connectivity index (χ0v) is 16.3. The van der Waals surface area contributed by atoms with Crippen molar-refractivity contribution in [3.63, 3.8) is 0 Å². The van der Waals surface area contributed by atoms with Gasteiger partial charge in [0.1, 0.15) is 12.4 Å². The Kier molecular flexibility index (Phi) is 7.13. The molecule has 0 N–H and O–H groups in total. The van der Waals surface area contributed by atoms with Gasteiger partial charge in [0.2, 0.25) is 12.4 Å². The second kappa shape index (κ2) is 9.20. The monoisotopic (exact) mass is 453 g/mol. The number of hydrogen-bond donors (Lipinski definition) is 0. The molecule has 0 aliphatic carbocycles. The van der Waals surface area contributed by atoms with E-state index in [2.05, 4.69) is 9.57 Å². The van der Waals surface area contributed by atoms with Crippen molar-refractivity contribution >= 4 is 29.6 Å². The van der Waals surface area contributed by atoms with Crippen LogP contribution in [0.2, 0.25) is 5.02 Å². The van der Waals surface area contributed by atoms with Gasteiger partial charge in [-0.1, -0.05) is 11.6 Å². The van der Waals surface area contributed by atoms with Crippen molar-refractivity contribution < 1.29 is 46.9 Å². The van der Waals surface area contributed by atoms with Crippen LogP contribution in [0, 0.1) is 17.0 Å². The molecule has 0 amide bonds. The Bertz CT molecular complexity index is 886. The SMILES string of the molecule is Cc1cc(Cl)cc2c1OC(C(F)(F)F)C(C(=O)OC(C)OC(=O)CCO[N+](=O)[O-])=C2. The standard InChI is InChI=1S/C17H15ClF3NO8/c1-8-5-11(18)6-10-7-12(15(17(19,20)21)30-14(8)10)16(24)29-9(2)28-13(23)3-4-27-22(25)26/h5-7,9,15H,3-4H2,1-2H3. The summed E-state index contributed by atoms with van der Waals surface area (Å²) in [5.41, 5.74) is -0.375. The van der Waals surface area contributed by atoms with Crippen molar-refractivity contribution in [3.8, 4) is 5.75 Å². The van der Waals surface area contributed by atoms with Crippen LogP contribution in [0.5, 0.6) is 5.75 Å². The number of alkyl halides is 3. The fourth-order valence-corrected chi connectivity index (χ4v) is 2.83. The minimum atomic E-state index is -4.94. The Morgan fingerprint density at radius 2 is 2.00 bits per heavy atom. The van der Waals surface area contributed by atoms with Gasteiger partial charge in [0.05, 0.1) is 12.0 Å². The normalized spacial score (nSPS) is 16.5. The lowest BCUT2D eigenvalue weighted by atomic mass is 9.99. The van der Waals surface area contributed by atoms with Crippen LogP contribution in [0.3, 0.4) is 0 Å². The van der Waals surface area contributed by atoms with E-state index in [1.54, 1.807) is 0 Å². The quantitative estimate of drug-likeness (QED) is 0.267. The van der Waals surface area contributed by atoms with Crippen LogP contribution in [0.15, 0.2) is 17.7 Å². The van der Waals surface area contributed by atoms with E-state index >= 15 is 0 Å². The van der Waals surface area contributed by atoms with Crippen LogP contribution in [-0.2, 0) is 23.9 Å². The average Bonchev–Trinajstić information content (AvgIpc) is 2.59. The van der Waals surface area contributed by atoms with Gasteiger partial charge in [-0.15, -0.1) is 10.1 Å². The lowest BCUT2D eigenvalue weighted by molar-refractivity contribution is -0.757. The Hall–Kier alpha value is -3.02. The predicted molar refractivity (Wildman–Crippen MR) is 93.8 cm³/mol. The summed E-state index contributed by atoms with van der Waals surface area (Å²) in [5.74, 6) is -2.53. The van der Waals surface area contributed by atoms with Gasteiger partial charge in [-0.2, -0.15) is 13.2 Å². The molecule has 2 rings (SSSR count). The highest BCUT2D eigenvalue weighted by Gasteiger charge is 2.49. The highest BCUT2D eigenvalue weighted by Crippen LogP contribution is 2.40. The smallest absolute Gasteiger partial charge is 0.430 e. The third kappa shape index (κ3) is 5.99. The maximum atomic E-state index is 13.5. The minimum Gasteiger partial charge on any atom is -0.475 e. The zero-order chi connectivity index (χ0) is 22.6. The van der Waals surface area contributed by atoms with Crippen LogP contribution >= 0.6 is 11.6 Å². The number of carbonyl (C=O) groups is 2. The highest BCUT2D eigenvalue weighted by molar-refractivity contribution is 6.30. The third-order valence-corrected chi connectivity index (χ3v) is 3.92. The summed E-state index contributed by atoms with van der Waals surface area (Å²) in [6, 6.07) is 2.73. The van der Waals surface area contributed by atoms with Gasteiger partial charge >= 0.3 is 18.1 Å². The maximum absolute atomic E-state index is 13.5. The Morgan fingerprint density at radius 3 is 2.60 bits per heavy atom. The van der Waals surface area contributed by atoms with Crippen LogP contribution in [-0.4, -0.2) is 42.2 Å². The summed E-state index contributed by atoms with van der Waals surface area (Å²) in [4.78, 5) is 37.8. The number of benzene rings is 1. The summed E-state index contributed by atoms with van der Waals surface area (Å²) in [5, 5.41) is 9.12. The van der Waals surface area contributed by atoms with E-state index in [4.69, 9.17) is 21.1 Å². The summed E-state index contributed by atoms with van der Waals surface area (Å²) in [6.07, 6.45) is -8.71. The molecular formula is C17H15ClF3NO8. The molecule has 1 aliphatic rings. The Labute approximate surface area is 172 Å². The second-order valence-corrected chi connectivity index (χ2v) is 6.49. The van der Waals surface area contributed by atoms with Crippen molar-refractivity contribution in [2.45, 2.75) is 38.8 Å². The first kappa shape index (κ1) is 23.3. The first-order chi connectivity index (χ1) is 13.9. The lowest BCUT2D eigenvalue weighted by Gasteiger charge is -2.29. The molecule has 2 unspecified atom stereocenters. The number of nitrogens with zero attached hydrogens (tertiary/aromatic N) is 1. The fourth-order valence-electron chi connectivity index (χ4n) is 2.55. The van der Waals surface area contributed by atoms with Gasteiger partial charge in [-0.25, -0.2) is 4.79 Å². The minimum absolute atomic E-state index is 0.0801. The predicted octanol–water partition coefficient (Wildman–Crippen LogP) is 3.39. The van der Waals surface area contributed by atoms with Crippen molar-refractivity contribution in [3.05, 3.63) is 44.0 Å². The molecule has 0 saturated carbocycles. The average molecular weight is 454 g/mol. The molecule has 1 aromatic carbocycles. The summed E-state index contributed by atoms with van der Waals surface area (Å²) < 4.78 is 54.8. The van der Waals surface area contributed by atoms with Crippen molar-refractivity contribution in [1.29, 1.82) is 0 Å². The Balaban J connectivity index is 2.15. The lowest BCUT2D eigenvalue weighted by Crippen LogP contribution is -2.41. The molecule has 30 heavy (non-hydrogen) atoms. The molecule has 0 spiro atoms. The molecule has 13 heteroatoms. The van der Waals surface area contributed by atoms with Crippen LogP contribution in [0.4, 0.5) is 13.2 Å². The van der Waals surface area contributed by atoms with E-state index in [0.717, 1.165) is 13.0 Å². The van der Waals surface area contributed by atoms with Crippen molar-refractivity contribution in [2.24, 2.45) is 0 Å². The molecule has 0 saturated heterocycles. The number of carbonyl (C=O) groups excluding carboxylic acids is 2. The van der Waals surface area contributed by atoms with E-state index in [-0.39, 0.29) is 16.3 Å². The summed E-state index contributed by atoms with van der Waals surface area (Å²) in [7, 11) is 0. The second-order valence-electron chi connectivity index (χ2n) is 6.05. The molecule has 1 aromatic rings. The molecule has 9 nitrogen and oxygen atoms in total. The van der Waals surface area contributed by atoms with Crippen LogP contribution < -0.4 is 4.74 Å². The molecule has 0 aromatic heterocycles. The summed E-state index contributed by atoms with van der Waals surface area (Å²) in [6.45, 7) is 1.99. The van der Waals surface area contributed by atoms with Crippen molar-refractivity contribution in [2.75, 3.05) is 6.61 Å². The molecule has 1 aliphatic heterocycles. The third-order valence-electron chi connectivity index (χ3n) is 3.70. The topological polar surface area (TPSA) is 114 Å². The highest BCUT2D eigenvalue weighted by atomic mass is 35.5. The van der Waals surface area contributed by atoms with Gasteiger partial charge in [-0.05, 0) is 30.7 Å². The van der Waals surface area contributed by atoms with Gasteiger partial charge < -0.3 is 19.0 Å². The Morgan fingerprint density at radius 1 is 1.33 bits per heavy atom. The van der Waals surface area contributed by atoms with E-state index < -0.39 is 54.2 Å². The molecule has 0 bridgehead atoms. The van der Waals surface area contributed by atoms with Gasteiger partial charge in [0.15, 0.2) is 0 Å². The van der Waals surface area contributed by atoms with E-state index in [9.17, 15) is 32.9 Å². The number of aryl methyl sites for hydroxylation is 1. The van der Waals surface area contributed by atoms with Gasteiger partial charge in [0, 0.05) is 17.5 Å². The number of rotatable bonds is 7. The summed E-state index contributed by atoms with van der Waals surface area (Å²) >= 11 is 5.91. The first-order valence-corrected chi connectivity index (χ1v) is 8.69. The van der Waals surface area contributed by atoms with Crippen LogP contribution in [0.25, 0.3) is 6.08 Å². The number of halogens is 4. The van der Waals surface area contributed by atoms with E-state index in [1.165, 1.54) is 19.1 Å². The molecular weight excluding hydrogens is 439 g/mol. The number of esters is 2. The zero-order valence-electron chi connectivity index (χ0n) is 15.5. The molecule has 2 atom stereocenters. The fraction of sp³-hybridized carbons (Fsp3) is 0.412. The molecule has 0 radical (unpaired) electrons. The largest absolute Gasteiger partial charge is 0.475 e.